The molecule has 0 bridgehead atoms. The van der Waals surface area contributed by atoms with Crippen molar-refractivity contribution in [1.82, 2.24) is 9.88 Å². The molecule has 19 heavy (non-hydrogen) atoms. The van der Waals surface area contributed by atoms with E-state index in [0.717, 1.165) is 13.0 Å². The van der Waals surface area contributed by atoms with Gasteiger partial charge in [-0.15, -0.1) is 0 Å². The van der Waals surface area contributed by atoms with E-state index in [2.05, 4.69) is 9.88 Å². The van der Waals surface area contributed by atoms with Gasteiger partial charge in [0.25, 0.3) is 0 Å². The summed E-state index contributed by atoms with van der Waals surface area (Å²) in [4.78, 5) is 16.2. The van der Waals surface area contributed by atoms with E-state index in [1.165, 1.54) is 25.9 Å². The lowest BCUT2D eigenvalue weighted by molar-refractivity contribution is 0.263. The van der Waals surface area contributed by atoms with Gasteiger partial charge in [0, 0.05) is 6.54 Å². The Balaban J connectivity index is 1.57. The second-order valence-electron chi connectivity index (χ2n) is 4.90. The summed E-state index contributed by atoms with van der Waals surface area (Å²) in [5.74, 6) is 0.195. The summed E-state index contributed by atoms with van der Waals surface area (Å²) >= 11 is 0. The first-order valence-electron chi connectivity index (χ1n) is 6.80. The van der Waals surface area contributed by atoms with Gasteiger partial charge in [-0.2, -0.15) is 0 Å². The second-order valence-corrected chi connectivity index (χ2v) is 4.90. The largest absolute Gasteiger partial charge is 0.490 e. The van der Waals surface area contributed by atoms with Gasteiger partial charge in [-0.25, -0.2) is 4.79 Å². The molecule has 1 N–H and O–H groups in total. The average Bonchev–Trinajstić information content (AvgIpc) is 3.02. The molecule has 1 aromatic heterocycles. The molecule has 0 amide bonds. The highest BCUT2D eigenvalue weighted by Crippen LogP contribution is 2.23. The predicted molar refractivity (Wildman–Crippen MR) is 72.6 cm³/mol. The first kappa shape index (κ1) is 12.3. The van der Waals surface area contributed by atoms with E-state index in [9.17, 15) is 4.79 Å². The minimum absolute atomic E-state index is 0.442. The second kappa shape index (κ2) is 5.48. The molecule has 0 aliphatic carbocycles. The van der Waals surface area contributed by atoms with Crippen molar-refractivity contribution in [3.05, 3.63) is 28.7 Å². The van der Waals surface area contributed by atoms with Crippen molar-refractivity contribution in [2.24, 2.45) is 0 Å². The number of rotatable bonds is 5. The Morgan fingerprint density at radius 3 is 3.00 bits per heavy atom. The predicted octanol–water partition coefficient (Wildman–Crippen LogP) is 1.99. The smallest absolute Gasteiger partial charge is 0.417 e. The van der Waals surface area contributed by atoms with Crippen LogP contribution in [0.4, 0.5) is 0 Å². The maximum Gasteiger partial charge on any atom is 0.417 e. The molecule has 1 aliphatic heterocycles. The van der Waals surface area contributed by atoms with Crippen LogP contribution in [0.2, 0.25) is 0 Å². The Kier molecular flexibility index (Phi) is 3.55. The number of hydrogen-bond acceptors (Lipinski definition) is 4. The molecule has 1 fully saturated rings. The first-order valence-corrected chi connectivity index (χ1v) is 6.80. The van der Waals surface area contributed by atoms with Crippen molar-refractivity contribution in [2.45, 2.75) is 19.3 Å². The van der Waals surface area contributed by atoms with Crippen LogP contribution in [0.1, 0.15) is 19.3 Å². The zero-order chi connectivity index (χ0) is 13.1. The number of H-pyrrole nitrogens is 1. The number of para-hydroxylation sites is 1. The number of fused-ring (bicyclic) bond motifs is 1. The van der Waals surface area contributed by atoms with Crippen LogP contribution in [-0.4, -0.2) is 36.1 Å². The molecule has 102 valence electrons. The molecule has 1 saturated heterocycles. The number of benzene rings is 1. The normalized spacial score (nSPS) is 16.2. The fourth-order valence-electron chi connectivity index (χ4n) is 2.54. The van der Waals surface area contributed by atoms with Crippen LogP contribution >= 0.6 is 0 Å². The maximum absolute atomic E-state index is 11.2. The molecule has 0 atom stereocenters. The topological polar surface area (TPSA) is 58.5 Å². The third-order valence-electron chi connectivity index (χ3n) is 3.49. The van der Waals surface area contributed by atoms with Crippen LogP contribution in [0.3, 0.4) is 0 Å². The third kappa shape index (κ3) is 2.81. The van der Waals surface area contributed by atoms with Crippen molar-refractivity contribution in [3.63, 3.8) is 0 Å². The fourth-order valence-corrected chi connectivity index (χ4v) is 2.54. The summed E-state index contributed by atoms with van der Waals surface area (Å²) in [6.07, 6.45) is 3.62. The molecule has 0 radical (unpaired) electrons. The van der Waals surface area contributed by atoms with Crippen LogP contribution < -0.4 is 10.5 Å². The van der Waals surface area contributed by atoms with Gasteiger partial charge in [-0.1, -0.05) is 6.07 Å². The first-order chi connectivity index (χ1) is 9.33. The zero-order valence-electron chi connectivity index (χ0n) is 10.9. The highest BCUT2D eigenvalue weighted by Gasteiger charge is 2.11. The van der Waals surface area contributed by atoms with Gasteiger partial charge in [-0.3, -0.25) is 4.98 Å². The Labute approximate surface area is 111 Å². The SMILES string of the molecule is O=c1[nH]c2cccc(OCCCN3CCCC3)c2o1. The van der Waals surface area contributed by atoms with Crippen LogP contribution in [0.25, 0.3) is 11.1 Å². The Morgan fingerprint density at radius 1 is 1.32 bits per heavy atom. The van der Waals surface area contributed by atoms with Crippen LogP contribution in [-0.2, 0) is 0 Å². The number of ether oxygens (including phenoxy) is 1. The summed E-state index contributed by atoms with van der Waals surface area (Å²) in [7, 11) is 0. The van der Waals surface area contributed by atoms with Gasteiger partial charge in [0.2, 0.25) is 0 Å². The number of hydrogen-bond donors (Lipinski definition) is 1. The fraction of sp³-hybridized carbons (Fsp3) is 0.500. The molecule has 1 aromatic carbocycles. The Hall–Kier alpha value is -1.75. The van der Waals surface area contributed by atoms with Crippen LogP contribution in [0, 0.1) is 0 Å². The molecule has 5 heteroatoms. The lowest BCUT2D eigenvalue weighted by Crippen LogP contribution is -2.21. The van der Waals surface area contributed by atoms with E-state index < -0.39 is 5.76 Å². The molecular formula is C14H18N2O3. The van der Waals surface area contributed by atoms with E-state index in [0.29, 0.717) is 23.5 Å². The lowest BCUT2D eigenvalue weighted by Gasteiger charge is -2.14. The van der Waals surface area contributed by atoms with Crippen LogP contribution in [0.5, 0.6) is 5.75 Å². The van der Waals surface area contributed by atoms with Crippen molar-refractivity contribution < 1.29 is 9.15 Å². The van der Waals surface area contributed by atoms with Crippen molar-refractivity contribution in [2.75, 3.05) is 26.2 Å². The molecule has 0 spiro atoms. The van der Waals surface area contributed by atoms with Gasteiger partial charge in [0.1, 0.15) is 0 Å². The summed E-state index contributed by atoms with van der Waals surface area (Å²) in [5, 5.41) is 0. The highest BCUT2D eigenvalue weighted by atomic mass is 16.5. The van der Waals surface area contributed by atoms with Gasteiger partial charge < -0.3 is 14.1 Å². The van der Waals surface area contributed by atoms with Crippen molar-refractivity contribution in [1.29, 1.82) is 0 Å². The van der Waals surface area contributed by atoms with Gasteiger partial charge in [0.15, 0.2) is 11.3 Å². The van der Waals surface area contributed by atoms with Crippen molar-refractivity contribution >= 4 is 11.1 Å². The summed E-state index contributed by atoms with van der Waals surface area (Å²) in [5.41, 5.74) is 1.19. The molecule has 2 aromatic rings. The Morgan fingerprint density at radius 2 is 2.16 bits per heavy atom. The number of nitrogens with zero attached hydrogens (tertiary/aromatic N) is 1. The van der Waals surface area contributed by atoms with E-state index in [1.54, 1.807) is 6.07 Å². The monoisotopic (exact) mass is 262 g/mol. The summed E-state index contributed by atoms with van der Waals surface area (Å²) in [6, 6.07) is 5.48. The number of likely N-dealkylation sites (tertiary alicyclic amines) is 1. The van der Waals surface area contributed by atoms with E-state index in [-0.39, 0.29) is 0 Å². The van der Waals surface area contributed by atoms with Gasteiger partial charge in [0.05, 0.1) is 12.1 Å². The van der Waals surface area contributed by atoms with E-state index >= 15 is 0 Å². The minimum atomic E-state index is -0.442. The molecular weight excluding hydrogens is 244 g/mol. The minimum Gasteiger partial charge on any atom is -0.490 e. The molecule has 5 nitrogen and oxygen atoms in total. The highest BCUT2D eigenvalue weighted by molar-refractivity contribution is 5.78. The standard InChI is InChI=1S/C14H18N2O3/c17-14-15-11-5-3-6-12(13(11)19-14)18-10-4-9-16-7-1-2-8-16/h3,5-6H,1-2,4,7-10H2,(H,15,17). The molecule has 1 aliphatic rings. The quantitative estimate of drug-likeness (QED) is 0.837. The molecule has 3 rings (SSSR count). The van der Waals surface area contributed by atoms with Gasteiger partial charge >= 0.3 is 5.76 Å². The third-order valence-corrected chi connectivity index (χ3v) is 3.49. The molecule has 0 unspecified atom stereocenters. The van der Waals surface area contributed by atoms with Crippen molar-refractivity contribution in [3.8, 4) is 5.75 Å². The number of oxazole rings is 1. The van der Waals surface area contributed by atoms with E-state index in [4.69, 9.17) is 9.15 Å². The number of aromatic amines is 1. The average molecular weight is 262 g/mol. The van der Waals surface area contributed by atoms with E-state index in [1.807, 2.05) is 12.1 Å². The maximum atomic E-state index is 11.2. The number of nitrogens with one attached hydrogen (secondary N) is 1. The summed E-state index contributed by atoms with van der Waals surface area (Å²) in [6.45, 7) is 4.14. The number of aromatic nitrogens is 1. The van der Waals surface area contributed by atoms with Gasteiger partial charge in [-0.05, 0) is 44.5 Å². The van der Waals surface area contributed by atoms with Crippen LogP contribution in [0.15, 0.2) is 27.4 Å². The molecule has 2 heterocycles. The zero-order valence-corrected chi connectivity index (χ0v) is 10.9. The lowest BCUT2D eigenvalue weighted by atomic mass is 10.3. The summed E-state index contributed by atoms with van der Waals surface area (Å²) < 4.78 is 10.8. The Bertz CT molecular complexity index is 596. The molecule has 0 saturated carbocycles.